The fourth-order valence-corrected chi connectivity index (χ4v) is 1.83. The SMILES string of the molecule is Cc1ccc(OCc2nonc2C)c(CNC(C)C)c1. The summed E-state index contributed by atoms with van der Waals surface area (Å²) in [5, 5.41) is 11.0. The summed E-state index contributed by atoms with van der Waals surface area (Å²) in [6.07, 6.45) is 0. The van der Waals surface area contributed by atoms with Gasteiger partial charge in [0.25, 0.3) is 0 Å². The molecular weight excluding hydrogens is 254 g/mol. The molecule has 0 spiro atoms. The van der Waals surface area contributed by atoms with Gasteiger partial charge in [0.2, 0.25) is 0 Å². The van der Waals surface area contributed by atoms with Gasteiger partial charge in [-0.05, 0) is 19.9 Å². The van der Waals surface area contributed by atoms with Crippen LogP contribution in [0, 0.1) is 13.8 Å². The van der Waals surface area contributed by atoms with Gasteiger partial charge in [-0.25, -0.2) is 4.63 Å². The van der Waals surface area contributed by atoms with Gasteiger partial charge in [0.15, 0.2) is 0 Å². The second kappa shape index (κ2) is 6.52. The highest BCUT2D eigenvalue weighted by Crippen LogP contribution is 2.21. The van der Waals surface area contributed by atoms with Crippen molar-refractivity contribution < 1.29 is 9.37 Å². The van der Waals surface area contributed by atoms with E-state index in [2.05, 4.69) is 47.1 Å². The van der Waals surface area contributed by atoms with Gasteiger partial charge in [-0.2, -0.15) is 0 Å². The van der Waals surface area contributed by atoms with Crippen molar-refractivity contribution in [1.82, 2.24) is 15.6 Å². The zero-order valence-electron chi connectivity index (χ0n) is 12.4. The molecule has 0 fully saturated rings. The Hall–Kier alpha value is -1.88. The molecule has 1 heterocycles. The maximum Gasteiger partial charge on any atom is 0.145 e. The van der Waals surface area contributed by atoms with Crippen LogP contribution in [0.2, 0.25) is 0 Å². The number of hydrogen-bond acceptors (Lipinski definition) is 5. The molecule has 1 aromatic heterocycles. The molecule has 1 N–H and O–H groups in total. The van der Waals surface area contributed by atoms with Crippen LogP contribution in [0.3, 0.4) is 0 Å². The highest BCUT2D eigenvalue weighted by Gasteiger charge is 2.09. The quantitative estimate of drug-likeness (QED) is 0.878. The fraction of sp³-hybridized carbons (Fsp3) is 0.467. The van der Waals surface area contributed by atoms with Crippen molar-refractivity contribution >= 4 is 0 Å². The van der Waals surface area contributed by atoms with Crippen molar-refractivity contribution in [1.29, 1.82) is 0 Å². The predicted octanol–water partition coefficient (Wildman–Crippen LogP) is 2.76. The van der Waals surface area contributed by atoms with Crippen molar-refractivity contribution in [2.24, 2.45) is 0 Å². The Morgan fingerprint density at radius 1 is 1.25 bits per heavy atom. The van der Waals surface area contributed by atoms with E-state index in [4.69, 9.17) is 4.74 Å². The highest BCUT2D eigenvalue weighted by molar-refractivity contribution is 5.37. The van der Waals surface area contributed by atoms with Gasteiger partial charge in [-0.3, -0.25) is 0 Å². The predicted molar refractivity (Wildman–Crippen MR) is 76.5 cm³/mol. The average Bonchev–Trinajstić information content (AvgIpc) is 2.81. The Kier molecular flexibility index (Phi) is 4.74. The third-order valence-corrected chi connectivity index (χ3v) is 3.03. The van der Waals surface area contributed by atoms with Gasteiger partial charge in [-0.1, -0.05) is 41.9 Å². The van der Waals surface area contributed by atoms with Gasteiger partial charge in [0.1, 0.15) is 23.7 Å². The molecule has 0 amide bonds. The molecule has 0 aliphatic heterocycles. The summed E-state index contributed by atoms with van der Waals surface area (Å²) < 4.78 is 10.5. The number of aromatic nitrogens is 2. The van der Waals surface area contributed by atoms with E-state index in [9.17, 15) is 0 Å². The fourth-order valence-electron chi connectivity index (χ4n) is 1.83. The lowest BCUT2D eigenvalue weighted by Crippen LogP contribution is -2.22. The number of nitrogens with one attached hydrogen (secondary N) is 1. The monoisotopic (exact) mass is 275 g/mol. The first-order valence-electron chi connectivity index (χ1n) is 6.80. The van der Waals surface area contributed by atoms with Crippen LogP contribution in [0.1, 0.15) is 36.4 Å². The van der Waals surface area contributed by atoms with E-state index in [1.807, 2.05) is 19.1 Å². The molecule has 0 aliphatic carbocycles. The minimum Gasteiger partial charge on any atom is -0.487 e. The summed E-state index contributed by atoms with van der Waals surface area (Å²) in [5.41, 5.74) is 3.86. The first kappa shape index (κ1) is 14.5. The third kappa shape index (κ3) is 3.81. The molecule has 0 aliphatic rings. The number of nitrogens with zero attached hydrogens (tertiary/aromatic N) is 2. The maximum absolute atomic E-state index is 5.85. The molecule has 2 rings (SSSR count). The van der Waals surface area contributed by atoms with Crippen molar-refractivity contribution in [2.75, 3.05) is 0 Å². The molecule has 0 unspecified atom stereocenters. The number of ether oxygens (including phenoxy) is 1. The summed E-state index contributed by atoms with van der Waals surface area (Å²) in [5.74, 6) is 0.867. The summed E-state index contributed by atoms with van der Waals surface area (Å²) in [6, 6.07) is 6.61. The standard InChI is InChI=1S/C15H21N3O2/c1-10(2)16-8-13-7-11(3)5-6-15(13)19-9-14-12(4)17-20-18-14/h5-7,10,16H,8-9H2,1-4H3. The molecule has 5 heteroatoms. The van der Waals surface area contributed by atoms with Crippen LogP contribution >= 0.6 is 0 Å². The molecule has 108 valence electrons. The zero-order valence-corrected chi connectivity index (χ0v) is 12.4. The van der Waals surface area contributed by atoms with Crippen molar-refractivity contribution in [3.05, 3.63) is 40.7 Å². The molecule has 0 radical (unpaired) electrons. The zero-order chi connectivity index (χ0) is 14.5. The molecule has 0 bridgehead atoms. The van der Waals surface area contributed by atoms with Crippen LogP contribution < -0.4 is 10.1 Å². The second-order valence-corrected chi connectivity index (χ2v) is 5.23. The second-order valence-electron chi connectivity index (χ2n) is 5.23. The third-order valence-electron chi connectivity index (χ3n) is 3.03. The van der Waals surface area contributed by atoms with Crippen LogP contribution in [0.5, 0.6) is 5.75 Å². The lowest BCUT2D eigenvalue weighted by atomic mass is 10.1. The Morgan fingerprint density at radius 3 is 2.70 bits per heavy atom. The molecular formula is C15H21N3O2. The molecule has 5 nitrogen and oxygen atoms in total. The van der Waals surface area contributed by atoms with E-state index < -0.39 is 0 Å². The average molecular weight is 275 g/mol. The van der Waals surface area contributed by atoms with E-state index in [1.54, 1.807) is 0 Å². The number of aryl methyl sites for hydroxylation is 2. The first-order chi connectivity index (χ1) is 9.56. The molecule has 0 atom stereocenters. The van der Waals surface area contributed by atoms with Crippen LogP contribution in [0.25, 0.3) is 0 Å². The van der Waals surface area contributed by atoms with E-state index in [0.717, 1.165) is 29.2 Å². The van der Waals surface area contributed by atoms with Crippen LogP contribution in [-0.2, 0) is 13.2 Å². The molecule has 1 aromatic carbocycles. The van der Waals surface area contributed by atoms with Crippen LogP contribution in [0.4, 0.5) is 0 Å². The van der Waals surface area contributed by atoms with E-state index in [0.29, 0.717) is 12.6 Å². The molecule has 0 saturated heterocycles. The number of rotatable bonds is 6. The summed E-state index contributed by atoms with van der Waals surface area (Å²) in [4.78, 5) is 0. The van der Waals surface area contributed by atoms with Gasteiger partial charge in [-0.15, -0.1) is 0 Å². The Labute approximate surface area is 119 Å². The number of hydrogen-bond donors (Lipinski definition) is 1. The van der Waals surface area contributed by atoms with Crippen molar-refractivity contribution in [3.8, 4) is 5.75 Å². The lowest BCUT2D eigenvalue weighted by molar-refractivity contribution is 0.268. The number of benzene rings is 1. The van der Waals surface area contributed by atoms with Gasteiger partial charge >= 0.3 is 0 Å². The van der Waals surface area contributed by atoms with Gasteiger partial charge < -0.3 is 10.1 Å². The van der Waals surface area contributed by atoms with E-state index in [1.165, 1.54) is 5.56 Å². The van der Waals surface area contributed by atoms with Gasteiger partial charge in [0, 0.05) is 18.2 Å². The Bertz CT molecular complexity index is 564. The molecule has 20 heavy (non-hydrogen) atoms. The largest absolute Gasteiger partial charge is 0.487 e. The lowest BCUT2D eigenvalue weighted by Gasteiger charge is -2.14. The Balaban J connectivity index is 2.08. The van der Waals surface area contributed by atoms with Crippen molar-refractivity contribution in [3.63, 3.8) is 0 Å². The maximum atomic E-state index is 5.85. The Morgan fingerprint density at radius 2 is 2.05 bits per heavy atom. The molecule has 0 saturated carbocycles. The minimum absolute atomic E-state index is 0.368. The van der Waals surface area contributed by atoms with Crippen LogP contribution in [-0.4, -0.2) is 16.4 Å². The normalized spacial score (nSPS) is 11.1. The minimum atomic E-state index is 0.368. The van der Waals surface area contributed by atoms with E-state index >= 15 is 0 Å². The van der Waals surface area contributed by atoms with Crippen LogP contribution in [0.15, 0.2) is 22.8 Å². The smallest absolute Gasteiger partial charge is 0.145 e. The summed E-state index contributed by atoms with van der Waals surface area (Å²) in [6.45, 7) is 9.33. The van der Waals surface area contributed by atoms with E-state index in [-0.39, 0.29) is 0 Å². The summed E-state index contributed by atoms with van der Waals surface area (Å²) in [7, 11) is 0. The summed E-state index contributed by atoms with van der Waals surface area (Å²) >= 11 is 0. The van der Waals surface area contributed by atoms with Gasteiger partial charge in [0.05, 0.1) is 0 Å². The molecule has 2 aromatic rings. The topological polar surface area (TPSA) is 60.2 Å². The highest BCUT2D eigenvalue weighted by atomic mass is 16.6. The first-order valence-corrected chi connectivity index (χ1v) is 6.80. The van der Waals surface area contributed by atoms with Crippen molar-refractivity contribution in [2.45, 2.75) is 46.9 Å².